The number of nitrogens with zero attached hydrogens (tertiary/aromatic N) is 4. The van der Waals surface area contributed by atoms with Crippen molar-refractivity contribution in [3.63, 3.8) is 0 Å². The van der Waals surface area contributed by atoms with Crippen LogP contribution in [0.2, 0.25) is 0 Å². The van der Waals surface area contributed by atoms with Gasteiger partial charge in [0.2, 0.25) is 0 Å². The summed E-state index contributed by atoms with van der Waals surface area (Å²) in [4.78, 5) is 4.90. The number of para-hydroxylation sites is 2. The molecule has 0 aliphatic heterocycles. The molecule has 6 heteroatoms. The van der Waals surface area contributed by atoms with Gasteiger partial charge in [-0.1, -0.05) is 57.0 Å². The van der Waals surface area contributed by atoms with Gasteiger partial charge in [-0.05, 0) is 28.2 Å². The molecule has 0 N–H and O–H groups in total. The molecule has 5 nitrogen and oxygen atoms in total. The standard InChI is InChI=1S/C65H52N4O.Pt/c1-65(2,3)48-36-37-66-60(39-48)69-56-35-32-47(43-18-7-4-8-19-43)38-55(56)52-34-33-51(41-59(52)69)70-50-27-17-26-49(40-50)67-42-68(58-31-14-13-30-57(58)67)64-62(45-20-9-5-10-21-45)53-28-15-24-44-25-16-29-54(61(44)53)63(64)46-22-11-6-12-23-46;/h4-14,17-23,26-27,30-39,44H,15-16,24-25,28-29H2,1-3H3;/q-2;/i4D,7D,8D,18D,19D;. The van der Waals surface area contributed by atoms with Gasteiger partial charge in [0.25, 0.3) is 0 Å². The average Bonchev–Trinajstić information content (AvgIpc) is 3.95. The maximum absolute atomic E-state index is 8.78. The molecule has 0 unspecified atom stereocenters. The van der Waals surface area contributed by atoms with Gasteiger partial charge in [-0.2, -0.15) is 0 Å². The predicted molar refractivity (Wildman–Crippen MR) is 286 cm³/mol. The van der Waals surface area contributed by atoms with Crippen LogP contribution in [-0.2, 0) is 37.6 Å². The number of hydrogen-bond donors (Lipinski definition) is 0. The Morgan fingerprint density at radius 3 is 1.96 bits per heavy atom. The average molecular weight is 1110 g/mol. The van der Waals surface area contributed by atoms with Crippen LogP contribution in [0, 0.1) is 15.9 Å². The zero-order chi connectivity index (χ0) is 52.1. The first-order valence-electron chi connectivity index (χ1n) is 27.1. The van der Waals surface area contributed by atoms with Crippen molar-refractivity contribution >= 4 is 32.8 Å². The summed E-state index contributed by atoms with van der Waals surface area (Å²) in [7, 11) is 0. The molecular formula is C65H52N4OPt-2. The van der Waals surface area contributed by atoms with Crippen molar-refractivity contribution in [2.24, 2.45) is 0 Å². The van der Waals surface area contributed by atoms with Crippen LogP contribution in [0.3, 0.4) is 0 Å². The fourth-order valence-corrected chi connectivity index (χ4v) is 12.6. The number of fused-ring (bicyclic) bond motifs is 4. The van der Waals surface area contributed by atoms with Crippen LogP contribution in [-0.4, -0.2) is 18.7 Å². The second-order valence-electron chi connectivity index (χ2n) is 19.9. The molecule has 0 fully saturated rings. The molecule has 0 atom stereocenters. The number of pyridine rings is 1. The number of imidazole rings is 1. The minimum atomic E-state index is -0.423. The number of benzene rings is 8. The van der Waals surface area contributed by atoms with Crippen LogP contribution in [0.5, 0.6) is 11.5 Å². The summed E-state index contributed by atoms with van der Waals surface area (Å²) in [5.74, 6) is 2.27. The SMILES string of the molecule is [2H]c1c([2H])c([2H])c(-c2ccc3c(c2)c2ccc(Oc4[c-]c(-n5[c](=[Pt])n(-c6c(-c7ccccc7)c7c8c(c6-c6ccccc6)CCCC8CCC7)c6ccccc65)ccc4)[c-]c2n3-c2cc(C(C)(C)C)ccn2)c([2H])c1[2H]. The van der Waals surface area contributed by atoms with E-state index in [9.17, 15) is 0 Å². The van der Waals surface area contributed by atoms with Crippen molar-refractivity contribution < 1.29 is 30.9 Å². The Hall–Kier alpha value is -7.33. The molecule has 0 spiro atoms. The normalized spacial score (nSPS) is 14.8. The molecule has 2 aliphatic carbocycles. The van der Waals surface area contributed by atoms with E-state index in [0.29, 0.717) is 34.3 Å². The van der Waals surface area contributed by atoms with Crippen molar-refractivity contribution in [1.29, 1.82) is 0 Å². The van der Waals surface area contributed by atoms with E-state index in [4.69, 9.17) is 16.6 Å². The predicted octanol–water partition coefficient (Wildman–Crippen LogP) is 16.4. The summed E-state index contributed by atoms with van der Waals surface area (Å²) in [6.07, 6.45) is 8.80. The van der Waals surface area contributed by atoms with Crippen LogP contribution < -0.4 is 4.74 Å². The van der Waals surface area contributed by atoms with Gasteiger partial charge in [0, 0.05) is 6.20 Å². The molecule has 3 heterocycles. The first-order valence-corrected chi connectivity index (χ1v) is 25.7. The summed E-state index contributed by atoms with van der Waals surface area (Å²) in [6.45, 7) is 6.52. The Morgan fingerprint density at radius 2 is 1.27 bits per heavy atom. The van der Waals surface area contributed by atoms with E-state index in [-0.39, 0.29) is 35.1 Å². The van der Waals surface area contributed by atoms with E-state index in [1.807, 2.05) is 54.7 Å². The molecule has 2 aliphatic rings. The minimum absolute atomic E-state index is 0.149. The van der Waals surface area contributed by atoms with Gasteiger partial charge in [0.05, 0.1) is 6.85 Å². The maximum atomic E-state index is 8.78. The number of ether oxygens (including phenoxy) is 1. The van der Waals surface area contributed by atoms with Crippen molar-refractivity contribution in [3.05, 3.63) is 220 Å². The smallest absolute Gasteiger partial charge is 0.0617 e. The molecule has 0 saturated carbocycles. The Labute approximate surface area is 433 Å². The molecule has 0 radical (unpaired) electrons. The molecule has 13 rings (SSSR count). The Kier molecular flexibility index (Phi) is 9.48. The number of aromatic nitrogens is 4. The molecule has 0 saturated heterocycles. The van der Waals surface area contributed by atoms with Gasteiger partial charge in [0.1, 0.15) is 0 Å². The van der Waals surface area contributed by atoms with E-state index in [1.54, 1.807) is 5.56 Å². The van der Waals surface area contributed by atoms with Crippen LogP contribution >= 0.6 is 0 Å². The molecule has 8 aromatic carbocycles. The third kappa shape index (κ3) is 7.47. The van der Waals surface area contributed by atoms with Gasteiger partial charge in [0.15, 0.2) is 0 Å². The third-order valence-corrected chi connectivity index (χ3v) is 15.7. The summed E-state index contributed by atoms with van der Waals surface area (Å²) in [6, 6.07) is 56.1. The number of rotatable bonds is 8. The summed E-state index contributed by atoms with van der Waals surface area (Å²) < 4.78 is 57.3. The molecule has 71 heavy (non-hydrogen) atoms. The molecular weight excluding hydrogens is 1050 g/mol. The second-order valence-corrected chi connectivity index (χ2v) is 20.9. The first-order chi connectivity index (χ1) is 36.9. The molecule has 0 amide bonds. The zero-order valence-electron chi connectivity index (χ0n) is 44.8. The third-order valence-electron chi connectivity index (χ3n) is 14.6. The van der Waals surface area contributed by atoms with Gasteiger partial charge in [-0.15, -0.1) is 0 Å². The fraction of sp³-hybridized carbons (Fsp3) is 0.169. The van der Waals surface area contributed by atoms with Crippen LogP contribution in [0.25, 0.3) is 83.4 Å². The molecule has 0 bridgehead atoms. The van der Waals surface area contributed by atoms with E-state index < -0.39 is 6.04 Å². The van der Waals surface area contributed by atoms with Crippen molar-refractivity contribution in [1.82, 2.24) is 18.7 Å². The van der Waals surface area contributed by atoms with Crippen molar-refractivity contribution in [2.45, 2.75) is 70.6 Å². The van der Waals surface area contributed by atoms with Crippen LogP contribution in [0.15, 0.2) is 182 Å². The van der Waals surface area contributed by atoms with E-state index >= 15 is 0 Å². The number of hydrogen-bond acceptors (Lipinski definition) is 2. The Balaban J connectivity index is 0.975. The van der Waals surface area contributed by atoms with Crippen LogP contribution in [0.4, 0.5) is 0 Å². The summed E-state index contributed by atoms with van der Waals surface area (Å²) in [5.41, 5.74) is 17.1. The monoisotopic (exact) mass is 1100 g/mol. The van der Waals surface area contributed by atoms with Crippen LogP contribution in [0.1, 0.15) is 81.5 Å². The van der Waals surface area contributed by atoms with Gasteiger partial charge < -0.3 is 0 Å². The summed E-state index contributed by atoms with van der Waals surface area (Å²) in [5, 5.41) is 1.65. The summed E-state index contributed by atoms with van der Waals surface area (Å²) >= 11 is 2.53. The fourth-order valence-electron chi connectivity index (χ4n) is 11.5. The Morgan fingerprint density at radius 1 is 0.606 bits per heavy atom. The minimum Gasteiger partial charge on any atom is -0.0617 e. The van der Waals surface area contributed by atoms with Crippen molar-refractivity contribution in [2.75, 3.05) is 0 Å². The quantitative estimate of drug-likeness (QED) is 0.142. The van der Waals surface area contributed by atoms with E-state index in [1.165, 1.54) is 64.8 Å². The van der Waals surface area contributed by atoms with Gasteiger partial charge in [-0.25, -0.2) is 0 Å². The van der Waals surface area contributed by atoms with E-state index in [2.05, 4.69) is 163 Å². The zero-order valence-corrected chi connectivity index (χ0v) is 42.0. The van der Waals surface area contributed by atoms with E-state index in [0.717, 1.165) is 55.2 Å². The van der Waals surface area contributed by atoms with Gasteiger partial charge >= 0.3 is 337 Å². The van der Waals surface area contributed by atoms with Gasteiger partial charge in [-0.3, -0.25) is 0 Å². The molecule has 11 aromatic rings. The first kappa shape index (κ1) is 38.4. The second kappa shape index (κ2) is 17.5. The molecule has 350 valence electrons. The topological polar surface area (TPSA) is 36.9 Å². The molecule has 3 aromatic heterocycles. The Bertz CT molecular complexity index is 4130. The van der Waals surface area contributed by atoms with Crippen molar-refractivity contribution in [3.8, 4) is 62.1 Å².